The van der Waals surface area contributed by atoms with Gasteiger partial charge in [-0.2, -0.15) is 26.3 Å². The number of fused-ring (bicyclic) bond motifs is 1. The molecule has 0 saturated heterocycles. The van der Waals surface area contributed by atoms with Gasteiger partial charge in [0.15, 0.2) is 5.43 Å². The molecule has 186 valence electrons. The summed E-state index contributed by atoms with van der Waals surface area (Å²) in [5.74, 6) is 0.279. The van der Waals surface area contributed by atoms with Gasteiger partial charge in [0.05, 0.1) is 16.5 Å². The number of halogens is 6. The normalized spacial score (nSPS) is 12.2. The van der Waals surface area contributed by atoms with Gasteiger partial charge in [-0.15, -0.1) is 0 Å². The molecule has 0 bridgehead atoms. The quantitative estimate of drug-likeness (QED) is 0.227. The summed E-state index contributed by atoms with van der Waals surface area (Å²) in [7, 11) is 0. The molecule has 0 atom stereocenters. The Morgan fingerprint density at radius 3 is 1.62 bits per heavy atom. The van der Waals surface area contributed by atoms with Gasteiger partial charge in [0.2, 0.25) is 0 Å². The Balaban J connectivity index is 1.74. The van der Waals surface area contributed by atoms with E-state index in [9.17, 15) is 31.1 Å². The fourth-order valence-corrected chi connectivity index (χ4v) is 4.12. The summed E-state index contributed by atoms with van der Waals surface area (Å²) in [5.41, 5.74) is 0.183. The van der Waals surface area contributed by atoms with Crippen molar-refractivity contribution in [2.75, 3.05) is 0 Å². The lowest BCUT2D eigenvalue weighted by Crippen LogP contribution is -2.05. The summed E-state index contributed by atoms with van der Waals surface area (Å²) in [4.78, 5) is 13.2. The molecule has 0 aliphatic heterocycles. The first-order valence-corrected chi connectivity index (χ1v) is 11.0. The van der Waals surface area contributed by atoms with Crippen LogP contribution < -0.4 is 5.43 Å². The van der Waals surface area contributed by atoms with Gasteiger partial charge >= 0.3 is 12.4 Å². The highest BCUT2D eigenvalue weighted by atomic mass is 19.4. The van der Waals surface area contributed by atoms with Crippen LogP contribution >= 0.6 is 0 Å². The van der Waals surface area contributed by atoms with Crippen LogP contribution in [0.3, 0.4) is 0 Å². The summed E-state index contributed by atoms with van der Waals surface area (Å²) in [6.45, 7) is 0. The predicted molar refractivity (Wildman–Crippen MR) is 129 cm³/mol. The maximum atomic E-state index is 13.2. The first-order chi connectivity index (χ1) is 17.5. The van der Waals surface area contributed by atoms with Crippen LogP contribution in [0.2, 0.25) is 0 Å². The largest absolute Gasteiger partial charge is 0.456 e. The summed E-state index contributed by atoms with van der Waals surface area (Å²) in [6.07, 6.45) is -9.04. The molecule has 1 aromatic heterocycles. The Morgan fingerprint density at radius 2 is 1.08 bits per heavy atom. The van der Waals surface area contributed by atoms with Gasteiger partial charge in [-0.1, -0.05) is 54.6 Å². The van der Waals surface area contributed by atoms with Gasteiger partial charge in [-0.25, -0.2) is 0 Å². The maximum Gasteiger partial charge on any atom is 0.416 e. The van der Waals surface area contributed by atoms with E-state index in [1.807, 2.05) is 0 Å². The Kier molecular flexibility index (Phi) is 5.90. The van der Waals surface area contributed by atoms with Crippen LogP contribution in [0.4, 0.5) is 26.3 Å². The van der Waals surface area contributed by atoms with Crippen molar-refractivity contribution in [1.29, 1.82) is 0 Å². The predicted octanol–water partition coefficient (Wildman–Crippen LogP) is 8.83. The maximum absolute atomic E-state index is 13.2. The van der Waals surface area contributed by atoms with Gasteiger partial charge < -0.3 is 4.42 Å². The van der Waals surface area contributed by atoms with E-state index in [1.165, 1.54) is 30.3 Å². The monoisotopic (exact) mass is 510 g/mol. The lowest BCUT2D eigenvalue weighted by atomic mass is 9.94. The zero-order valence-electron chi connectivity index (χ0n) is 18.8. The van der Waals surface area contributed by atoms with E-state index in [4.69, 9.17) is 4.42 Å². The average Bonchev–Trinajstić information content (AvgIpc) is 2.87. The molecule has 0 spiro atoms. The molecular weight excluding hydrogens is 494 g/mol. The highest BCUT2D eigenvalue weighted by molar-refractivity contribution is 5.97. The molecular formula is C29H16F6O2. The SMILES string of the molecule is O=c1cc(-c2ccccc2)oc2cc(-c3ccc(C(F)(F)F)cc3)cc(-c3ccc(C(F)(F)F)cc3)c12. The molecule has 5 aromatic rings. The number of rotatable bonds is 3. The molecule has 2 nitrogen and oxygen atoms in total. The Morgan fingerprint density at radius 1 is 0.541 bits per heavy atom. The van der Waals surface area contributed by atoms with Crippen LogP contribution in [-0.2, 0) is 12.4 Å². The minimum absolute atomic E-state index is 0.148. The van der Waals surface area contributed by atoms with Crippen molar-refractivity contribution in [2.45, 2.75) is 12.4 Å². The van der Waals surface area contributed by atoms with Gasteiger partial charge in [0, 0.05) is 11.6 Å². The van der Waals surface area contributed by atoms with E-state index in [1.54, 1.807) is 42.5 Å². The molecule has 0 saturated carbocycles. The van der Waals surface area contributed by atoms with Crippen molar-refractivity contribution in [3.63, 3.8) is 0 Å². The second-order valence-corrected chi connectivity index (χ2v) is 8.39. The minimum atomic E-state index is -4.54. The second kappa shape index (κ2) is 8.96. The lowest BCUT2D eigenvalue weighted by Gasteiger charge is -2.13. The van der Waals surface area contributed by atoms with E-state index >= 15 is 0 Å². The average molecular weight is 510 g/mol. The van der Waals surface area contributed by atoms with Gasteiger partial charge in [-0.3, -0.25) is 4.79 Å². The summed E-state index contributed by atoms with van der Waals surface area (Å²) < 4.78 is 84.5. The van der Waals surface area contributed by atoms with Crippen molar-refractivity contribution in [2.24, 2.45) is 0 Å². The molecule has 0 radical (unpaired) electrons. The van der Waals surface area contributed by atoms with E-state index in [0.29, 0.717) is 27.8 Å². The van der Waals surface area contributed by atoms with Crippen LogP contribution in [0, 0.1) is 0 Å². The van der Waals surface area contributed by atoms with Gasteiger partial charge in [0.1, 0.15) is 11.3 Å². The van der Waals surface area contributed by atoms with Crippen LogP contribution in [0.25, 0.3) is 44.5 Å². The molecule has 5 rings (SSSR count). The number of hydrogen-bond acceptors (Lipinski definition) is 2. The van der Waals surface area contributed by atoms with E-state index < -0.39 is 28.9 Å². The smallest absolute Gasteiger partial charge is 0.416 e. The first kappa shape index (κ1) is 24.4. The summed E-state index contributed by atoms with van der Waals surface area (Å²) >= 11 is 0. The van der Waals surface area contributed by atoms with Crippen LogP contribution in [-0.4, -0.2) is 0 Å². The number of hydrogen-bond donors (Lipinski definition) is 0. The molecule has 8 heteroatoms. The molecule has 0 N–H and O–H groups in total. The molecule has 37 heavy (non-hydrogen) atoms. The Bertz CT molecular complexity index is 1630. The van der Waals surface area contributed by atoms with Gasteiger partial charge in [0.25, 0.3) is 0 Å². The minimum Gasteiger partial charge on any atom is -0.456 e. The van der Waals surface area contributed by atoms with Crippen LogP contribution in [0.1, 0.15) is 11.1 Å². The Hall–Kier alpha value is -4.33. The highest BCUT2D eigenvalue weighted by Crippen LogP contribution is 2.37. The van der Waals surface area contributed by atoms with Crippen molar-refractivity contribution >= 4 is 11.0 Å². The van der Waals surface area contributed by atoms with Crippen LogP contribution in [0.5, 0.6) is 0 Å². The van der Waals surface area contributed by atoms with Crippen molar-refractivity contribution in [3.05, 3.63) is 118 Å². The standard InChI is InChI=1S/C29H16F6O2/c30-28(31,32)21-10-6-17(7-11-21)20-14-23(18-8-12-22(13-9-18)29(33,34)35)27-24(36)16-25(37-26(27)15-20)19-4-2-1-3-5-19/h1-16H. The van der Waals surface area contributed by atoms with E-state index in [0.717, 1.165) is 24.3 Å². The summed E-state index contributed by atoms with van der Waals surface area (Å²) in [6, 6.07) is 22.0. The molecule has 0 aliphatic rings. The zero-order valence-corrected chi connectivity index (χ0v) is 18.8. The van der Waals surface area contributed by atoms with Crippen molar-refractivity contribution in [3.8, 4) is 33.6 Å². The zero-order chi connectivity index (χ0) is 26.4. The fourth-order valence-electron chi connectivity index (χ4n) is 4.12. The molecule has 0 unspecified atom stereocenters. The van der Waals surface area contributed by atoms with E-state index in [2.05, 4.69) is 0 Å². The number of alkyl halides is 6. The molecule has 1 heterocycles. The van der Waals surface area contributed by atoms with Gasteiger partial charge in [-0.05, 0) is 58.7 Å². The molecule has 0 aliphatic carbocycles. The molecule has 0 amide bonds. The van der Waals surface area contributed by atoms with E-state index in [-0.39, 0.29) is 16.7 Å². The third-order valence-corrected chi connectivity index (χ3v) is 5.96. The topological polar surface area (TPSA) is 30.2 Å². The summed E-state index contributed by atoms with van der Waals surface area (Å²) in [5, 5.41) is 0.148. The second-order valence-electron chi connectivity index (χ2n) is 8.39. The van der Waals surface area contributed by atoms with Crippen molar-refractivity contribution < 1.29 is 30.8 Å². The lowest BCUT2D eigenvalue weighted by molar-refractivity contribution is -0.138. The van der Waals surface area contributed by atoms with Crippen LogP contribution in [0.15, 0.2) is 106 Å². The highest BCUT2D eigenvalue weighted by Gasteiger charge is 2.31. The fraction of sp³-hybridized carbons (Fsp3) is 0.0690. The third-order valence-electron chi connectivity index (χ3n) is 5.96. The van der Waals surface area contributed by atoms with Crippen molar-refractivity contribution in [1.82, 2.24) is 0 Å². The molecule has 0 fully saturated rings. The number of benzene rings is 4. The molecule has 4 aromatic carbocycles. The Labute approximate surface area is 206 Å². The first-order valence-electron chi connectivity index (χ1n) is 11.0. The third kappa shape index (κ3) is 4.87.